The van der Waals surface area contributed by atoms with E-state index in [9.17, 15) is 9.59 Å². The standard InChI is InChI=1S/C12H13NO4/c1-17-12(16)9-4-2-3-8-7(9)5-6-13-10(8)11(14)15/h2-4,10,13H,5-6H2,1H3,(H,14,15). The molecule has 0 saturated heterocycles. The Balaban J connectivity index is 2.51. The zero-order valence-corrected chi connectivity index (χ0v) is 9.40. The van der Waals surface area contributed by atoms with Crippen molar-refractivity contribution in [2.45, 2.75) is 12.5 Å². The highest BCUT2D eigenvalue weighted by atomic mass is 16.5. The lowest BCUT2D eigenvalue weighted by Gasteiger charge is -2.25. The van der Waals surface area contributed by atoms with E-state index in [-0.39, 0.29) is 0 Å². The first kappa shape index (κ1) is 11.6. The van der Waals surface area contributed by atoms with E-state index >= 15 is 0 Å². The van der Waals surface area contributed by atoms with Crippen LogP contribution in [-0.4, -0.2) is 30.7 Å². The number of hydrogen-bond donors (Lipinski definition) is 2. The monoisotopic (exact) mass is 235 g/mol. The Bertz CT molecular complexity index is 470. The summed E-state index contributed by atoms with van der Waals surface area (Å²) in [4.78, 5) is 22.7. The predicted octanol–water partition coefficient (Wildman–Crippen LogP) is 0.745. The van der Waals surface area contributed by atoms with Gasteiger partial charge in [-0.1, -0.05) is 12.1 Å². The van der Waals surface area contributed by atoms with Gasteiger partial charge in [0.05, 0.1) is 12.7 Å². The second-order valence-electron chi connectivity index (χ2n) is 3.84. The third kappa shape index (κ3) is 2.01. The predicted molar refractivity (Wildman–Crippen MR) is 59.9 cm³/mol. The molecule has 5 nitrogen and oxygen atoms in total. The number of benzene rings is 1. The van der Waals surface area contributed by atoms with E-state index in [0.717, 1.165) is 5.56 Å². The fraction of sp³-hybridized carbons (Fsp3) is 0.333. The number of fused-ring (bicyclic) bond motifs is 1. The third-order valence-electron chi connectivity index (χ3n) is 2.90. The van der Waals surface area contributed by atoms with Gasteiger partial charge < -0.3 is 15.2 Å². The Kier molecular flexibility index (Phi) is 3.10. The minimum atomic E-state index is -0.937. The molecule has 1 aliphatic heterocycles. The van der Waals surface area contributed by atoms with Gasteiger partial charge in [-0.3, -0.25) is 4.79 Å². The number of esters is 1. The lowest BCUT2D eigenvalue weighted by molar-refractivity contribution is -0.139. The molecule has 0 aliphatic carbocycles. The Morgan fingerprint density at radius 3 is 2.88 bits per heavy atom. The number of methoxy groups -OCH3 is 1. The van der Waals surface area contributed by atoms with E-state index in [0.29, 0.717) is 24.1 Å². The number of rotatable bonds is 2. The molecule has 1 aliphatic rings. The maximum Gasteiger partial charge on any atom is 0.338 e. The van der Waals surface area contributed by atoms with Crippen molar-refractivity contribution in [2.75, 3.05) is 13.7 Å². The van der Waals surface area contributed by atoms with Gasteiger partial charge in [-0.15, -0.1) is 0 Å². The fourth-order valence-corrected chi connectivity index (χ4v) is 2.13. The smallest absolute Gasteiger partial charge is 0.338 e. The molecule has 1 aromatic rings. The zero-order chi connectivity index (χ0) is 12.4. The van der Waals surface area contributed by atoms with Crippen molar-refractivity contribution in [1.29, 1.82) is 0 Å². The molecule has 2 rings (SSSR count). The topological polar surface area (TPSA) is 75.6 Å². The van der Waals surface area contributed by atoms with Crippen molar-refractivity contribution in [3.63, 3.8) is 0 Å². The molecular formula is C12H13NO4. The van der Waals surface area contributed by atoms with Gasteiger partial charge in [-0.2, -0.15) is 0 Å². The number of carbonyl (C=O) groups is 2. The van der Waals surface area contributed by atoms with Gasteiger partial charge in [0.25, 0.3) is 0 Å². The summed E-state index contributed by atoms with van der Waals surface area (Å²) in [7, 11) is 1.32. The highest BCUT2D eigenvalue weighted by Crippen LogP contribution is 2.26. The average molecular weight is 235 g/mol. The Morgan fingerprint density at radius 1 is 1.47 bits per heavy atom. The van der Waals surface area contributed by atoms with Crippen LogP contribution in [0.25, 0.3) is 0 Å². The van der Waals surface area contributed by atoms with E-state index < -0.39 is 18.0 Å². The van der Waals surface area contributed by atoms with E-state index in [1.807, 2.05) is 0 Å². The minimum Gasteiger partial charge on any atom is -0.480 e. The first-order valence-electron chi connectivity index (χ1n) is 5.31. The van der Waals surface area contributed by atoms with E-state index in [2.05, 4.69) is 5.32 Å². The Labute approximate surface area is 98.4 Å². The number of carboxylic acid groups (broad SMARTS) is 1. The SMILES string of the molecule is COC(=O)c1cccc2c1CCNC2C(=O)O. The number of hydrogen-bond acceptors (Lipinski definition) is 4. The number of ether oxygens (including phenoxy) is 1. The number of carboxylic acids is 1. The molecule has 5 heteroatoms. The van der Waals surface area contributed by atoms with E-state index in [4.69, 9.17) is 9.84 Å². The highest BCUT2D eigenvalue weighted by molar-refractivity contribution is 5.92. The van der Waals surface area contributed by atoms with E-state index in [1.54, 1.807) is 18.2 Å². The van der Waals surface area contributed by atoms with Crippen LogP contribution >= 0.6 is 0 Å². The minimum absolute atomic E-state index is 0.423. The molecule has 0 spiro atoms. The lowest BCUT2D eigenvalue weighted by Crippen LogP contribution is -2.35. The van der Waals surface area contributed by atoms with Crippen LogP contribution in [0.5, 0.6) is 0 Å². The summed E-state index contributed by atoms with van der Waals surface area (Å²) in [5, 5.41) is 12.0. The summed E-state index contributed by atoms with van der Waals surface area (Å²) in [6, 6.07) is 4.32. The second kappa shape index (κ2) is 4.55. The van der Waals surface area contributed by atoms with Gasteiger partial charge in [-0.05, 0) is 23.6 Å². The first-order valence-corrected chi connectivity index (χ1v) is 5.31. The van der Waals surface area contributed by atoms with Crippen molar-refractivity contribution in [3.8, 4) is 0 Å². The van der Waals surface area contributed by atoms with Crippen LogP contribution < -0.4 is 5.32 Å². The van der Waals surface area contributed by atoms with E-state index in [1.165, 1.54) is 7.11 Å². The maximum atomic E-state index is 11.6. The molecule has 0 radical (unpaired) electrons. The van der Waals surface area contributed by atoms with Crippen molar-refractivity contribution in [2.24, 2.45) is 0 Å². The van der Waals surface area contributed by atoms with Crippen LogP contribution in [-0.2, 0) is 16.0 Å². The summed E-state index contributed by atoms with van der Waals surface area (Å²) in [5.74, 6) is -1.36. The maximum absolute atomic E-state index is 11.6. The third-order valence-corrected chi connectivity index (χ3v) is 2.90. The molecule has 0 amide bonds. The molecule has 0 fully saturated rings. The van der Waals surface area contributed by atoms with Gasteiger partial charge in [0.2, 0.25) is 0 Å². The van der Waals surface area contributed by atoms with Crippen molar-refractivity contribution in [1.82, 2.24) is 5.32 Å². The Hall–Kier alpha value is -1.88. The van der Waals surface area contributed by atoms with Gasteiger partial charge in [0.15, 0.2) is 0 Å². The molecule has 1 unspecified atom stereocenters. The van der Waals surface area contributed by atoms with Crippen molar-refractivity contribution >= 4 is 11.9 Å². The summed E-state index contributed by atoms with van der Waals surface area (Å²) >= 11 is 0. The van der Waals surface area contributed by atoms with Gasteiger partial charge >= 0.3 is 11.9 Å². The molecule has 0 aromatic heterocycles. The summed E-state index contributed by atoms with van der Waals surface area (Å²) in [5.41, 5.74) is 1.87. The molecule has 1 aromatic carbocycles. The van der Waals surface area contributed by atoms with Gasteiger partial charge in [0.1, 0.15) is 6.04 Å². The Morgan fingerprint density at radius 2 is 2.24 bits per heavy atom. The van der Waals surface area contributed by atoms with Crippen LogP contribution in [0.1, 0.15) is 27.5 Å². The second-order valence-corrected chi connectivity index (χ2v) is 3.84. The largest absolute Gasteiger partial charge is 0.480 e. The molecule has 2 N–H and O–H groups in total. The van der Waals surface area contributed by atoms with Crippen LogP contribution in [0.4, 0.5) is 0 Å². The molecule has 1 heterocycles. The number of nitrogens with one attached hydrogen (secondary N) is 1. The molecule has 17 heavy (non-hydrogen) atoms. The normalized spacial score (nSPS) is 18.3. The molecule has 90 valence electrons. The van der Waals surface area contributed by atoms with Crippen LogP contribution in [0.3, 0.4) is 0 Å². The number of carbonyl (C=O) groups excluding carboxylic acids is 1. The fourth-order valence-electron chi connectivity index (χ4n) is 2.13. The zero-order valence-electron chi connectivity index (χ0n) is 9.40. The van der Waals surface area contributed by atoms with Crippen molar-refractivity contribution < 1.29 is 19.4 Å². The lowest BCUT2D eigenvalue weighted by atomic mass is 9.90. The van der Waals surface area contributed by atoms with Crippen molar-refractivity contribution in [3.05, 3.63) is 34.9 Å². The quantitative estimate of drug-likeness (QED) is 0.739. The summed E-state index contributed by atoms with van der Waals surface area (Å²) < 4.78 is 4.69. The van der Waals surface area contributed by atoms with Crippen LogP contribution in [0.2, 0.25) is 0 Å². The number of aliphatic carboxylic acids is 1. The molecule has 0 saturated carbocycles. The van der Waals surface area contributed by atoms with Crippen LogP contribution in [0, 0.1) is 0 Å². The summed E-state index contributed by atoms with van der Waals surface area (Å²) in [6.07, 6.45) is 0.629. The molecule has 0 bridgehead atoms. The van der Waals surface area contributed by atoms with Gasteiger partial charge in [-0.25, -0.2) is 4.79 Å². The summed E-state index contributed by atoms with van der Waals surface area (Å²) in [6.45, 7) is 0.540. The average Bonchev–Trinajstić information content (AvgIpc) is 2.36. The van der Waals surface area contributed by atoms with Gasteiger partial charge in [0, 0.05) is 6.54 Å². The van der Waals surface area contributed by atoms with Crippen LogP contribution in [0.15, 0.2) is 18.2 Å². The highest BCUT2D eigenvalue weighted by Gasteiger charge is 2.28. The first-order chi connectivity index (χ1) is 8.15. The molecular weight excluding hydrogens is 222 g/mol. The molecule has 1 atom stereocenters.